The lowest BCUT2D eigenvalue weighted by Gasteiger charge is -2.42. The van der Waals surface area contributed by atoms with Crippen LogP contribution in [0.25, 0.3) is 0 Å². The fourth-order valence-electron chi connectivity index (χ4n) is 2.82. The van der Waals surface area contributed by atoms with Gasteiger partial charge in [0.05, 0.1) is 0 Å². The van der Waals surface area contributed by atoms with E-state index in [0.717, 1.165) is 23.6 Å². The Morgan fingerprint density at radius 3 is 2.73 bits per heavy atom. The Morgan fingerprint density at radius 2 is 1.91 bits per heavy atom. The van der Waals surface area contributed by atoms with E-state index in [9.17, 15) is 0 Å². The van der Waals surface area contributed by atoms with E-state index in [1.54, 1.807) is 0 Å². The average Bonchev–Trinajstić information content (AvgIpc) is 2.02. The minimum atomic E-state index is 0.977. The van der Waals surface area contributed by atoms with Crippen molar-refractivity contribution in [2.24, 2.45) is 17.8 Å². The minimum absolute atomic E-state index is 0.977. The van der Waals surface area contributed by atoms with Crippen molar-refractivity contribution in [3.05, 3.63) is 0 Å². The summed E-state index contributed by atoms with van der Waals surface area (Å²) in [6.07, 6.45) is 5.88. The lowest BCUT2D eigenvalue weighted by atomic mass is 9.44. The van der Waals surface area contributed by atoms with Gasteiger partial charge in [0.2, 0.25) is 0 Å². The Bertz CT molecular complexity index is 128. The quantitative estimate of drug-likeness (QED) is 0.464. The van der Waals surface area contributed by atoms with Crippen LogP contribution in [0.2, 0.25) is 12.1 Å². The molecule has 2 rings (SSSR count). The van der Waals surface area contributed by atoms with Gasteiger partial charge in [0.15, 0.2) is 0 Å². The molecule has 1 heteroatoms. The molecule has 0 aromatic rings. The molecule has 2 aliphatic rings. The summed E-state index contributed by atoms with van der Waals surface area (Å²) in [5.41, 5.74) is 0. The SMILES string of the molecule is CC1CCC2CC1[B]CC2C. The lowest BCUT2D eigenvalue weighted by Crippen LogP contribution is -2.32. The molecular weight excluding hydrogens is 131 g/mol. The van der Waals surface area contributed by atoms with Crippen molar-refractivity contribution >= 4 is 7.28 Å². The fraction of sp³-hybridized carbons (Fsp3) is 1.00. The van der Waals surface area contributed by atoms with Gasteiger partial charge in [-0.3, -0.25) is 0 Å². The Morgan fingerprint density at radius 1 is 1.09 bits per heavy atom. The van der Waals surface area contributed by atoms with E-state index >= 15 is 0 Å². The second-order valence-corrected chi connectivity index (χ2v) is 4.66. The number of hydrogen-bond acceptors (Lipinski definition) is 0. The molecule has 0 aromatic carbocycles. The smallest absolute Gasteiger partial charge is 0.0772 e. The molecule has 1 saturated heterocycles. The molecule has 1 aliphatic carbocycles. The third kappa shape index (κ3) is 1.34. The first-order chi connectivity index (χ1) is 5.27. The maximum atomic E-state index is 2.59. The Kier molecular flexibility index (Phi) is 1.99. The highest BCUT2D eigenvalue weighted by atomic mass is 14.3. The van der Waals surface area contributed by atoms with E-state index in [0.29, 0.717) is 0 Å². The summed E-state index contributed by atoms with van der Waals surface area (Å²) in [7, 11) is 2.59. The number of rotatable bonds is 0. The zero-order valence-electron chi connectivity index (χ0n) is 7.72. The van der Waals surface area contributed by atoms with Crippen LogP contribution in [0, 0.1) is 17.8 Å². The van der Waals surface area contributed by atoms with Gasteiger partial charge >= 0.3 is 0 Å². The second kappa shape index (κ2) is 2.84. The van der Waals surface area contributed by atoms with E-state index in [2.05, 4.69) is 21.1 Å². The fourth-order valence-corrected chi connectivity index (χ4v) is 2.82. The lowest BCUT2D eigenvalue weighted by molar-refractivity contribution is 0.216. The normalized spacial score (nSPS) is 50.0. The Labute approximate surface area is 71.0 Å². The van der Waals surface area contributed by atoms with Gasteiger partial charge < -0.3 is 0 Å². The molecule has 4 atom stereocenters. The molecule has 1 radical (unpaired) electrons. The molecule has 0 N–H and O–H groups in total. The van der Waals surface area contributed by atoms with Crippen molar-refractivity contribution in [3.63, 3.8) is 0 Å². The molecule has 2 fully saturated rings. The van der Waals surface area contributed by atoms with Crippen molar-refractivity contribution in [2.75, 3.05) is 0 Å². The van der Waals surface area contributed by atoms with Crippen LogP contribution < -0.4 is 0 Å². The zero-order chi connectivity index (χ0) is 7.84. The minimum Gasteiger partial charge on any atom is -0.0772 e. The number of fused-ring (bicyclic) bond motifs is 2. The van der Waals surface area contributed by atoms with Gasteiger partial charge in [-0.1, -0.05) is 38.8 Å². The van der Waals surface area contributed by atoms with Gasteiger partial charge in [0.1, 0.15) is 7.28 Å². The average molecular weight is 149 g/mol. The molecule has 1 saturated carbocycles. The molecule has 0 aromatic heterocycles. The van der Waals surface area contributed by atoms with E-state index in [1.165, 1.54) is 25.6 Å². The molecule has 0 spiro atoms. The maximum absolute atomic E-state index is 2.59. The molecule has 0 nitrogen and oxygen atoms in total. The summed E-state index contributed by atoms with van der Waals surface area (Å²) in [6, 6.07) is 0. The molecule has 1 heterocycles. The first-order valence-electron chi connectivity index (χ1n) is 5.10. The topological polar surface area (TPSA) is 0 Å². The number of hydrogen-bond donors (Lipinski definition) is 0. The van der Waals surface area contributed by atoms with E-state index in [4.69, 9.17) is 0 Å². The van der Waals surface area contributed by atoms with Crippen LogP contribution in [0.15, 0.2) is 0 Å². The maximum Gasteiger partial charge on any atom is 0.114 e. The predicted octanol–water partition coefficient (Wildman–Crippen LogP) is 2.98. The summed E-state index contributed by atoms with van der Waals surface area (Å²) in [6.45, 7) is 4.85. The van der Waals surface area contributed by atoms with Gasteiger partial charge in [0, 0.05) is 0 Å². The Balaban J connectivity index is 2.02. The van der Waals surface area contributed by atoms with Crippen molar-refractivity contribution in [3.8, 4) is 0 Å². The molecule has 0 amide bonds. The van der Waals surface area contributed by atoms with Gasteiger partial charge in [-0.2, -0.15) is 0 Å². The largest absolute Gasteiger partial charge is 0.114 e. The van der Waals surface area contributed by atoms with Crippen molar-refractivity contribution in [1.29, 1.82) is 0 Å². The van der Waals surface area contributed by atoms with Gasteiger partial charge in [-0.05, 0) is 24.2 Å². The monoisotopic (exact) mass is 149 g/mol. The standard InChI is InChI=1S/C10H18B/c1-7-3-4-9-5-10(7)11-6-8(9)2/h7-10H,3-6H2,1-2H3. The van der Waals surface area contributed by atoms with Crippen molar-refractivity contribution in [1.82, 2.24) is 0 Å². The summed E-state index contributed by atoms with van der Waals surface area (Å²) >= 11 is 0. The first kappa shape index (κ1) is 7.70. The third-order valence-electron chi connectivity index (χ3n) is 3.91. The summed E-state index contributed by atoms with van der Waals surface area (Å²) in [4.78, 5) is 0. The van der Waals surface area contributed by atoms with Crippen LogP contribution in [-0.4, -0.2) is 7.28 Å². The molecule has 4 unspecified atom stereocenters. The molecule has 1 aliphatic heterocycles. The van der Waals surface area contributed by atoms with E-state index in [-0.39, 0.29) is 0 Å². The van der Waals surface area contributed by atoms with Crippen molar-refractivity contribution < 1.29 is 0 Å². The second-order valence-electron chi connectivity index (χ2n) is 4.66. The van der Waals surface area contributed by atoms with Crippen LogP contribution in [-0.2, 0) is 0 Å². The first-order valence-corrected chi connectivity index (χ1v) is 5.10. The third-order valence-corrected chi connectivity index (χ3v) is 3.91. The van der Waals surface area contributed by atoms with Crippen LogP contribution in [0.1, 0.15) is 33.1 Å². The zero-order valence-corrected chi connectivity index (χ0v) is 7.72. The molecule has 61 valence electrons. The van der Waals surface area contributed by atoms with Crippen LogP contribution in [0.5, 0.6) is 0 Å². The van der Waals surface area contributed by atoms with Crippen LogP contribution >= 0.6 is 0 Å². The van der Waals surface area contributed by atoms with Gasteiger partial charge in [-0.15, -0.1) is 0 Å². The summed E-state index contributed by atoms with van der Waals surface area (Å²) in [5, 5.41) is 0. The van der Waals surface area contributed by atoms with E-state index < -0.39 is 0 Å². The summed E-state index contributed by atoms with van der Waals surface area (Å²) in [5.74, 6) is 4.02. The van der Waals surface area contributed by atoms with Crippen LogP contribution in [0.4, 0.5) is 0 Å². The predicted molar refractivity (Wildman–Crippen MR) is 50.0 cm³/mol. The molecular formula is C10H18B. The van der Waals surface area contributed by atoms with E-state index in [1.807, 2.05) is 0 Å². The van der Waals surface area contributed by atoms with Crippen LogP contribution in [0.3, 0.4) is 0 Å². The molecule has 11 heavy (non-hydrogen) atoms. The van der Waals surface area contributed by atoms with Crippen molar-refractivity contribution in [2.45, 2.75) is 45.2 Å². The van der Waals surface area contributed by atoms with Gasteiger partial charge in [-0.25, -0.2) is 0 Å². The highest BCUT2D eigenvalue weighted by Crippen LogP contribution is 2.45. The Hall–Kier alpha value is 0.0649. The molecule has 2 bridgehead atoms. The highest BCUT2D eigenvalue weighted by molar-refractivity contribution is 6.38. The highest BCUT2D eigenvalue weighted by Gasteiger charge is 2.34. The summed E-state index contributed by atoms with van der Waals surface area (Å²) < 4.78 is 0. The van der Waals surface area contributed by atoms with Gasteiger partial charge in [0.25, 0.3) is 0 Å².